The highest BCUT2D eigenvalue weighted by Gasteiger charge is 2.38. The number of hydrogen-bond acceptors (Lipinski definition) is 5. The van der Waals surface area contributed by atoms with Gasteiger partial charge in [-0.05, 0) is 17.7 Å². The molecule has 7 heteroatoms. The van der Waals surface area contributed by atoms with E-state index in [-0.39, 0.29) is 17.9 Å². The smallest absolute Gasteiger partial charge is 0.223 e. The molecule has 0 spiro atoms. The molecule has 0 aliphatic carbocycles. The molecule has 2 aliphatic heterocycles. The maximum absolute atomic E-state index is 12.2. The third kappa shape index (κ3) is 3.26. The molecule has 26 heavy (non-hydrogen) atoms. The van der Waals surface area contributed by atoms with Crippen molar-refractivity contribution in [2.45, 2.75) is 19.0 Å². The van der Waals surface area contributed by atoms with E-state index < -0.39 is 0 Å². The summed E-state index contributed by atoms with van der Waals surface area (Å²) in [6, 6.07) is 6.09. The van der Waals surface area contributed by atoms with Gasteiger partial charge in [0, 0.05) is 51.3 Å². The largest absolute Gasteiger partial charge is 0.486 e. The zero-order valence-electron chi connectivity index (χ0n) is 15.1. The second-order valence-electron chi connectivity index (χ2n) is 6.97. The van der Waals surface area contributed by atoms with E-state index in [0.29, 0.717) is 19.6 Å². The van der Waals surface area contributed by atoms with Crippen molar-refractivity contribution < 1.29 is 14.3 Å². The van der Waals surface area contributed by atoms with Gasteiger partial charge < -0.3 is 19.7 Å². The molecule has 138 valence electrons. The number of carbonyl (C=O) groups excluding carboxylic acids is 1. The molecule has 0 radical (unpaired) electrons. The first-order valence-corrected chi connectivity index (χ1v) is 8.95. The summed E-state index contributed by atoms with van der Waals surface area (Å²) in [6.45, 7) is 2.69. The molecule has 1 aromatic heterocycles. The van der Waals surface area contributed by atoms with Crippen molar-refractivity contribution in [2.24, 2.45) is 13.0 Å². The maximum atomic E-state index is 12.2. The van der Waals surface area contributed by atoms with Crippen LogP contribution in [0, 0.1) is 5.92 Å². The number of benzene rings is 1. The Bertz CT molecular complexity index is 804. The Morgan fingerprint density at radius 3 is 2.81 bits per heavy atom. The zero-order valence-corrected chi connectivity index (χ0v) is 15.1. The quantitative estimate of drug-likeness (QED) is 0.879. The molecule has 1 saturated heterocycles. The molecule has 1 fully saturated rings. The van der Waals surface area contributed by atoms with Gasteiger partial charge in [-0.2, -0.15) is 5.10 Å². The predicted molar refractivity (Wildman–Crippen MR) is 96.0 cm³/mol. The second-order valence-corrected chi connectivity index (χ2v) is 6.97. The molecule has 2 aromatic rings. The number of ether oxygens (including phenoxy) is 2. The molecular formula is C19H24N4O3. The maximum Gasteiger partial charge on any atom is 0.223 e. The third-order valence-corrected chi connectivity index (χ3v) is 5.10. The number of nitrogens with zero attached hydrogens (tertiary/aromatic N) is 3. The van der Waals surface area contributed by atoms with E-state index in [0.717, 1.165) is 35.7 Å². The molecule has 1 aromatic carbocycles. The number of aromatic nitrogens is 2. The second kappa shape index (κ2) is 6.99. The molecule has 0 unspecified atom stereocenters. The molecule has 1 amide bonds. The lowest BCUT2D eigenvalue weighted by Gasteiger charge is -2.24. The first kappa shape index (κ1) is 16.9. The van der Waals surface area contributed by atoms with E-state index in [1.807, 2.05) is 49.6 Å². The van der Waals surface area contributed by atoms with E-state index in [1.54, 1.807) is 4.68 Å². The first-order chi connectivity index (χ1) is 12.6. The average molecular weight is 356 g/mol. The standard InChI is InChI=1S/C19H24N4O3/c1-22-12-15(11-21-22)19-14(8-18(24)23(19)2)10-20-9-13-3-4-16-17(7-13)26-6-5-25-16/h3-4,7,11-12,14,19-20H,5-6,8-10H2,1-2H3/t14-,19+/m0/s1. The number of hydrogen-bond donors (Lipinski definition) is 1. The van der Waals surface area contributed by atoms with Gasteiger partial charge >= 0.3 is 0 Å². The van der Waals surface area contributed by atoms with E-state index in [9.17, 15) is 4.79 Å². The highest BCUT2D eigenvalue weighted by Crippen LogP contribution is 2.36. The van der Waals surface area contributed by atoms with Gasteiger partial charge in [0.2, 0.25) is 5.91 Å². The van der Waals surface area contributed by atoms with Gasteiger partial charge in [0.1, 0.15) is 13.2 Å². The van der Waals surface area contributed by atoms with Gasteiger partial charge in [0.05, 0.1) is 12.2 Å². The Morgan fingerprint density at radius 2 is 2.04 bits per heavy atom. The predicted octanol–water partition coefficient (Wildman–Crippen LogP) is 1.50. The number of carbonyl (C=O) groups is 1. The lowest BCUT2D eigenvalue weighted by molar-refractivity contribution is -0.127. The highest BCUT2D eigenvalue weighted by molar-refractivity contribution is 5.79. The fourth-order valence-corrected chi connectivity index (χ4v) is 3.82. The summed E-state index contributed by atoms with van der Waals surface area (Å²) in [5, 5.41) is 7.75. The Labute approximate surface area is 152 Å². The molecule has 2 atom stereocenters. The lowest BCUT2D eigenvalue weighted by Crippen LogP contribution is -2.29. The van der Waals surface area contributed by atoms with Crippen LogP contribution in [0.3, 0.4) is 0 Å². The Balaban J connectivity index is 1.39. The van der Waals surface area contributed by atoms with Gasteiger partial charge in [-0.3, -0.25) is 9.48 Å². The van der Waals surface area contributed by atoms with Crippen LogP contribution in [0.5, 0.6) is 11.5 Å². The highest BCUT2D eigenvalue weighted by atomic mass is 16.6. The monoisotopic (exact) mass is 356 g/mol. The zero-order chi connectivity index (χ0) is 18.1. The van der Waals surface area contributed by atoms with E-state index >= 15 is 0 Å². The summed E-state index contributed by atoms with van der Waals surface area (Å²) in [5.41, 5.74) is 2.23. The van der Waals surface area contributed by atoms with Crippen molar-refractivity contribution in [2.75, 3.05) is 26.8 Å². The summed E-state index contributed by atoms with van der Waals surface area (Å²) < 4.78 is 13.0. The normalized spacial score (nSPS) is 22.1. The van der Waals surface area contributed by atoms with Crippen LogP contribution in [0.15, 0.2) is 30.6 Å². The van der Waals surface area contributed by atoms with Gasteiger partial charge in [-0.1, -0.05) is 6.07 Å². The minimum Gasteiger partial charge on any atom is -0.486 e. The van der Waals surface area contributed by atoms with Crippen molar-refractivity contribution in [1.82, 2.24) is 20.0 Å². The van der Waals surface area contributed by atoms with E-state index in [2.05, 4.69) is 10.4 Å². The van der Waals surface area contributed by atoms with Gasteiger partial charge in [0.15, 0.2) is 11.5 Å². The van der Waals surface area contributed by atoms with Crippen LogP contribution in [0.25, 0.3) is 0 Å². The molecular weight excluding hydrogens is 332 g/mol. The van der Waals surface area contributed by atoms with Crippen molar-refractivity contribution in [3.05, 3.63) is 41.7 Å². The van der Waals surface area contributed by atoms with Crippen molar-refractivity contribution in [3.63, 3.8) is 0 Å². The lowest BCUT2D eigenvalue weighted by atomic mass is 9.95. The minimum atomic E-state index is 0.0731. The molecule has 2 aliphatic rings. The van der Waals surface area contributed by atoms with Gasteiger partial charge in [-0.15, -0.1) is 0 Å². The van der Waals surface area contributed by atoms with Crippen LogP contribution in [0.4, 0.5) is 0 Å². The summed E-state index contributed by atoms with van der Waals surface area (Å²) in [5.74, 6) is 2.03. The molecule has 0 bridgehead atoms. The first-order valence-electron chi connectivity index (χ1n) is 8.95. The fourth-order valence-electron chi connectivity index (χ4n) is 3.82. The van der Waals surface area contributed by atoms with Gasteiger partial charge in [-0.25, -0.2) is 0 Å². The van der Waals surface area contributed by atoms with Crippen LogP contribution in [-0.4, -0.2) is 47.4 Å². The Kier molecular flexibility index (Phi) is 4.55. The van der Waals surface area contributed by atoms with Crippen LogP contribution < -0.4 is 14.8 Å². The summed E-state index contributed by atoms with van der Waals surface area (Å²) in [6.07, 6.45) is 4.41. The van der Waals surface area contributed by atoms with E-state index in [1.165, 1.54) is 0 Å². The van der Waals surface area contributed by atoms with Crippen LogP contribution >= 0.6 is 0 Å². The number of rotatable bonds is 5. The van der Waals surface area contributed by atoms with Crippen LogP contribution in [0.2, 0.25) is 0 Å². The molecule has 7 nitrogen and oxygen atoms in total. The van der Waals surface area contributed by atoms with Crippen LogP contribution in [-0.2, 0) is 18.4 Å². The molecule has 1 N–H and O–H groups in total. The van der Waals surface area contributed by atoms with Gasteiger partial charge in [0.25, 0.3) is 0 Å². The summed E-state index contributed by atoms with van der Waals surface area (Å²) >= 11 is 0. The fraction of sp³-hybridized carbons (Fsp3) is 0.474. The van der Waals surface area contributed by atoms with Crippen molar-refractivity contribution in [1.29, 1.82) is 0 Å². The number of fused-ring (bicyclic) bond motifs is 1. The Hall–Kier alpha value is -2.54. The average Bonchev–Trinajstić information content (AvgIpc) is 3.18. The SMILES string of the molecule is CN1C(=O)C[C@@H](CNCc2ccc3c(c2)OCCO3)[C@@H]1c1cnn(C)c1. The number of nitrogens with one attached hydrogen (secondary N) is 1. The number of aryl methyl sites for hydroxylation is 1. The molecule has 0 saturated carbocycles. The third-order valence-electron chi connectivity index (χ3n) is 5.10. The van der Waals surface area contributed by atoms with Crippen molar-refractivity contribution >= 4 is 5.91 Å². The van der Waals surface area contributed by atoms with Crippen molar-refractivity contribution in [3.8, 4) is 11.5 Å². The molecule has 3 heterocycles. The topological polar surface area (TPSA) is 68.6 Å². The van der Waals surface area contributed by atoms with E-state index in [4.69, 9.17) is 9.47 Å². The number of amides is 1. The summed E-state index contributed by atoms with van der Waals surface area (Å²) in [7, 11) is 3.77. The summed E-state index contributed by atoms with van der Waals surface area (Å²) in [4.78, 5) is 14.0. The Morgan fingerprint density at radius 1 is 1.23 bits per heavy atom. The minimum absolute atomic E-state index is 0.0731. The molecule has 4 rings (SSSR count). The van der Waals surface area contributed by atoms with Crippen LogP contribution in [0.1, 0.15) is 23.6 Å². The number of likely N-dealkylation sites (tertiary alicyclic amines) is 1.